The number of ether oxygens (including phenoxy) is 1. The lowest BCUT2D eigenvalue weighted by Gasteiger charge is -2.26. The van der Waals surface area contributed by atoms with Crippen LogP contribution in [-0.2, 0) is 0 Å². The number of para-hydroxylation sites is 1. The van der Waals surface area contributed by atoms with E-state index in [4.69, 9.17) is 16.2 Å². The maximum atomic E-state index is 11.2. The maximum absolute atomic E-state index is 11.2. The third-order valence-electron chi connectivity index (χ3n) is 2.54. The van der Waals surface area contributed by atoms with Gasteiger partial charge in [0.1, 0.15) is 5.60 Å². The molecule has 4 heteroatoms. The van der Waals surface area contributed by atoms with Crippen LogP contribution in [0.4, 0.5) is 5.69 Å². The van der Waals surface area contributed by atoms with Gasteiger partial charge < -0.3 is 16.2 Å². The number of hydrogen-bond acceptors (Lipinski definition) is 3. The molecule has 0 fully saturated rings. The summed E-state index contributed by atoms with van der Waals surface area (Å²) in [5.41, 5.74) is 11.4. The minimum Gasteiger partial charge on any atom is -0.485 e. The van der Waals surface area contributed by atoms with Gasteiger partial charge in [-0.25, -0.2) is 0 Å². The highest BCUT2D eigenvalue weighted by Gasteiger charge is 2.21. The fraction of sp³-hybridized carbons (Fsp3) is 0.417. The van der Waals surface area contributed by atoms with Crippen LogP contribution in [-0.4, -0.2) is 11.5 Å². The molecule has 0 heterocycles. The fourth-order valence-corrected chi connectivity index (χ4v) is 1.21. The van der Waals surface area contributed by atoms with Gasteiger partial charge >= 0.3 is 0 Å². The molecule has 1 aromatic rings. The Labute approximate surface area is 95.6 Å². The number of nitrogens with two attached hydrogens (primary N) is 2. The molecule has 0 spiro atoms. The molecule has 0 saturated carbocycles. The Morgan fingerprint density at radius 3 is 2.56 bits per heavy atom. The number of carbonyl (C=O) groups is 1. The first-order valence-corrected chi connectivity index (χ1v) is 5.24. The van der Waals surface area contributed by atoms with Crippen molar-refractivity contribution in [2.24, 2.45) is 5.73 Å². The summed E-state index contributed by atoms with van der Waals surface area (Å²) in [4.78, 5) is 11.2. The highest BCUT2D eigenvalue weighted by atomic mass is 16.5. The van der Waals surface area contributed by atoms with Crippen molar-refractivity contribution < 1.29 is 9.53 Å². The highest BCUT2D eigenvalue weighted by Crippen LogP contribution is 2.30. The van der Waals surface area contributed by atoms with Gasteiger partial charge in [0, 0.05) is 0 Å². The smallest absolute Gasteiger partial charge is 0.252 e. The number of benzene rings is 1. The predicted molar refractivity (Wildman–Crippen MR) is 64.4 cm³/mol. The molecule has 0 bridgehead atoms. The van der Waals surface area contributed by atoms with Crippen molar-refractivity contribution in [3.05, 3.63) is 23.8 Å². The number of carbonyl (C=O) groups excluding carboxylic acids is 1. The van der Waals surface area contributed by atoms with Crippen molar-refractivity contribution in [3.63, 3.8) is 0 Å². The lowest BCUT2D eigenvalue weighted by Crippen LogP contribution is -2.28. The molecule has 0 atom stereocenters. The van der Waals surface area contributed by atoms with Crippen molar-refractivity contribution in [2.75, 3.05) is 5.73 Å². The Hall–Kier alpha value is -1.71. The van der Waals surface area contributed by atoms with Crippen molar-refractivity contribution >= 4 is 11.6 Å². The fourth-order valence-electron chi connectivity index (χ4n) is 1.21. The molecular formula is C12H18N2O2. The van der Waals surface area contributed by atoms with Gasteiger partial charge in [-0.15, -0.1) is 0 Å². The zero-order valence-corrected chi connectivity index (χ0v) is 9.91. The van der Waals surface area contributed by atoms with Crippen LogP contribution in [0.5, 0.6) is 5.75 Å². The van der Waals surface area contributed by atoms with Gasteiger partial charge in [0.2, 0.25) is 0 Å². The zero-order valence-electron chi connectivity index (χ0n) is 9.91. The Morgan fingerprint density at radius 1 is 1.44 bits per heavy atom. The topological polar surface area (TPSA) is 78.3 Å². The molecule has 1 rings (SSSR count). The van der Waals surface area contributed by atoms with Crippen molar-refractivity contribution in [1.29, 1.82) is 0 Å². The summed E-state index contributed by atoms with van der Waals surface area (Å²) in [5.74, 6) is -0.156. The molecule has 0 aliphatic rings. The van der Waals surface area contributed by atoms with Crippen LogP contribution in [0.1, 0.15) is 37.6 Å². The molecule has 1 aromatic carbocycles. The Kier molecular flexibility index (Phi) is 3.42. The van der Waals surface area contributed by atoms with Crippen LogP contribution in [0, 0.1) is 0 Å². The molecule has 1 amide bonds. The first-order valence-electron chi connectivity index (χ1n) is 5.24. The summed E-state index contributed by atoms with van der Waals surface area (Å²) in [7, 11) is 0. The van der Waals surface area contributed by atoms with E-state index in [0.717, 1.165) is 6.42 Å². The van der Waals surface area contributed by atoms with Crippen LogP contribution in [0.25, 0.3) is 0 Å². The van der Waals surface area contributed by atoms with E-state index in [2.05, 4.69) is 0 Å². The molecule has 88 valence electrons. The second-order valence-corrected chi connectivity index (χ2v) is 4.30. The second-order valence-electron chi connectivity index (χ2n) is 4.30. The predicted octanol–water partition coefficient (Wildman–Crippen LogP) is 1.94. The van der Waals surface area contributed by atoms with Gasteiger partial charge in [-0.05, 0) is 32.4 Å². The monoisotopic (exact) mass is 222 g/mol. The third-order valence-corrected chi connectivity index (χ3v) is 2.54. The van der Waals surface area contributed by atoms with Crippen LogP contribution in [0.3, 0.4) is 0 Å². The van der Waals surface area contributed by atoms with Crippen LogP contribution in [0.2, 0.25) is 0 Å². The van der Waals surface area contributed by atoms with Gasteiger partial charge in [0.25, 0.3) is 5.91 Å². The molecular weight excluding hydrogens is 204 g/mol. The summed E-state index contributed by atoms with van der Waals surface area (Å²) in [5, 5.41) is 0. The summed E-state index contributed by atoms with van der Waals surface area (Å²) < 4.78 is 5.75. The Bertz CT molecular complexity index is 400. The molecule has 0 aromatic heterocycles. The SMILES string of the molecule is CCC(C)(C)Oc1c(N)cccc1C(N)=O. The first-order chi connectivity index (χ1) is 7.37. The number of primary amides is 1. The average Bonchev–Trinajstić information content (AvgIpc) is 2.20. The van der Waals surface area contributed by atoms with Crippen LogP contribution in [0.15, 0.2) is 18.2 Å². The highest BCUT2D eigenvalue weighted by molar-refractivity contribution is 5.97. The van der Waals surface area contributed by atoms with Crippen molar-refractivity contribution in [2.45, 2.75) is 32.8 Å². The molecule has 16 heavy (non-hydrogen) atoms. The third kappa shape index (κ3) is 2.66. The molecule has 4 nitrogen and oxygen atoms in total. The normalized spacial score (nSPS) is 11.2. The van der Waals surface area contributed by atoms with E-state index in [1.54, 1.807) is 18.2 Å². The molecule has 0 unspecified atom stereocenters. The number of nitrogen functional groups attached to an aromatic ring is 1. The van der Waals surface area contributed by atoms with Crippen molar-refractivity contribution in [3.8, 4) is 5.75 Å². The summed E-state index contributed by atoms with van der Waals surface area (Å²) in [6.07, 6.45) is 0.805. The van der Waals surface area contributed by atoms with Gasteiger partial charge in [0.15, 0.2) is 5.75 Å². The van der Waals surface area contributed by atoms with E-state index in [1.165, 1.54) is 0 Å². The van der Waals surface area contributed by atoms with Gasteiger partial charge in [0.05, 0.1) is 11.3 Å². The van der Waals surface area contributed by atoms with E-state index < -0.39 is 5.91 Å². The minimum absolute atomic E-state index is 0.321. The molecule has 0 aliphatic carbocycles. The summed E-state index contributed by atoms with van der Waals surface area (Å²) in [6, 6.07) is 4.98. The van der Waals surface area contributed by atoms with Gasteiger partial charge in [-0.1, -0.05) is 13.0 Å². The van der Waals surface area contributed by atoms with E-state index in [9.17, 15) is 4.79 Å². The largest absolute Gasteiger partial charge is 0.485 e. The average molecular weight is 222 g/mol. The Morgan fingerprint density at radius 2 is 2.06 bits per heavy atom. The quantitative estimate of drug-likeness (QED) is 0.764. The van der Waals surface area contributed by atoms with Crippen LogP contribution < -0.4 is 16.2 Å². The molecule has 0 aliphatic heterocycles. The Balaban J connectivity index is 3.16. The second kappa shape index (κ2) is 4.43. The molecule has 0 saturated heterocycles. The maximum Gasteiger partial charge on any atom is 0.252 e. The number of amides is 1. The lowest BCUT2D eigenvalue weighted by molar-refractivity contribution is 0.0942. The summed E-state index contributed by atoms with van der Waals surface area (Å²) >= 11 is 0. The molecule has 0 radical (unpaired) electrons. The lowest BCUT2D eigenvalue weighted by atomic mass is 10.1. The van der Waals surface area contributed by atoms with E-state index in [0.29, 0.717) is 17.0 Å². The summed E-state index contributed by atoms with van der Waals surface area (Å²) in [6.45, 7) is 5.87. The van der Waals surface area contributed by atoms with Gasteiger partial charge in [-0.3, -0.25) is 4.79 Å². The van der Waals surface area contributed by atoms with E-state index in [-0.39, 0.29) is 5.60 Å². The van der Waals surface area contributed by atoms with Crippen LogP contribution >= 0.6 is 0 Å². The van der Waals surface area contributed by atoms with E-state index >= 15 is 0 Å². The molecule has 4 N–H and O–H groups in total. The first kappa shape index (κ1) is 12.4. The number of hydrogen-bond donors (Lipinski definition) is 2. The number of rotatable bonds is 4. The standard InChI is InChI=1S/C12H18N2O2/c1-4-12(2,3)16-10-8(11(14)15)6-5-7-9(10)13/h5-7H,4,13H2,1-3H3,(H2,14,15). The van der Waals surface area contributed by atoms with E-state index in [1.807, 2.05) is 20.8 Å². The zero-order chi connectivity index (χ0) is 12.3. The minimum atomic E-state index is -0.533. The number of anilines is 1. The van der Waals surface area contributed by atoms with Gasteiger partial charge in [-0.2, -0.15) is 0 Å². The van der Waals surface area contributed by atoms with Crippen molar-refractivity contribution in [1.82, 2.24) is 0 Å².